The molecule has 5 nitrogen and oxygen atoms in total. The Balaban J connectivity index is 2.15. The van der Waals surface area contributed by atoms with Crippen molar-refractivity contribution in [3.8, 4) is 11.5 Å². The number of amides is 1. The summed E-state index contributed by atoms with van der Waals surface area (Å²) in [4.78, 5) is 12.5. The molecule has 1 amide bonds. The molecule has 2 rings (SSSR count). The molecule has 1 aliphatic carbocycles. The van der Waals surface area contributed by atoms with Crippen molar-refractivity contribution in [1.29, 1.82) is 0 Å². The number of benzene rings is 1. The van der Waals surface area contributed by atoms with Gasteiger partial charge in [0.15, 0.2) is 11.5 Å². The van der Waals surface area contributed by atoms with Crippen LogP contribution in [0, 0.1) is 5.92 Å². The highest BCUT2D eigenvalue weighted by Gasteiger charge is 2.26. The number of anilines is 1. The van der Waals surface area contributed by atoms with Gasteiger partial charge in [-0.05, 0) is 49.0 Å². The van der Waals surface area contributed by atoms with Crippen molar-refractivity contribution < 1.29 is 14.3 Å². The van der Waals surface area contributed by atoms with Crippen LogP contribution in [-0.4, -0.2) is 25.2 Å². The van der Waals surface area contributed by atoms with E-state index in [4.69, 9.17) is 15.2 Å². The van der Waals surface area contributed by atoms with Gasteiger partial charge in [-0.2, -0.15) is 0 Å². The number of halogens is 1. The minimum absolute atomic E-state index is 0.0206. The number of ether oxygens (including phenoxy) is 2. The fourth-order valence-corrected chi connectivity index (χ4v) is 3.29. The van der Waals surface area contributed by atoms with E-state index in [2.05, 4.69) is 21.2 Å². The van der Waals surface area contributed by atoms with Crippen LogP contribution in [0.5, 0.6) is 11.5 Å². The molecule has 2 atom stereocenters. The molecule has 128 valence electrons. The average Bonchev–Trinajstić information content (AvgIpc) is 2.52. The van der Waals surface area contributed by atoms with Crippen LogP contribution in [0.15, 0.2) is 16.6 Å². The van der Waals surface area contributed by atoms with E-state index in [-0.39, 0.29) is 17.9 Å². The first-order chi connectivity index (χ1) is 11.0. The lowest BCUT2D eigenvalue weighted by molar-refractivity contribution is -0.120. The summed E-state index contributed by atoms with van der Waals surface area (Å²) in [5.74, 6) is 1.30. The van der Waals surface area contributed by atoms with E-state index < -0.39 is 0 Å². The van der Waals surface area contributed by atoms with Gasteiger partial charge < -0.3 is 20.5 Å². The first-order valence-electron chi connectivity index (χ1n) is 8.20. The Morgan fingerprint density at radius 2 is 1.91 bits per heavy atom. The van der Waals surface area contributed by atoms with Crippen molar-refractivity contribution in [2.24, 2.45) is 11.7 Å². The second kappa shape index (κ2) is 8.55. The lowest BCUT2D eigenvalue weighted by atomic mass is 9.85. The van der Waals surface area contributed by atoms with Crippen LogP contribution in [0.2, 0.25) is 0 Å². The third-order valence-corrected chi connectivity index (χ3v) is 4.63. The normalized spacial score (nSPS) is 20.9. The third-order valence-electron chi connectivity index (χ3n) is 3.98. The van der Waals surface area contributed by atoms with E-state index in [1.54, 1.807) is 6.07 Å². The Kier molecular flexibility index (Phi) is 6.72. The fraction of sp³-hybridized carbons (Fsp3) is 0.588. The zero-order valence-corrected chi connectivity index (χ0v) is 15.3. The van der Waals surface area contributed by atoms with Gasteiger partial charge >= 0.3 is 0 Å². The van der Waals surface area contributed by atoms with Crippen molar-refractivity contribution in [3.63, 3.8) is 0 Å². The third kappa shape index (κ3) is 4.85. The smallest absolute Gasteiger partial charge is 0.227 e. The molecule has 3 N–H and O–H groups in total. The molecule has 6 heteroatoms. The molecule has 1 aromatic rings. The molecule has 1 fully saturated rings. The summed E-state index contributed by atoms with van der Waals surface area (Å²) in [6.45, 7) is 4.93. The van der Waals surface area contributed by atoms with Gasteiger partial charge in [0.2, 0.25) is 5.91 Å². The monoisotopic (exact) mass is 384 g/mol. The molecule has 0 heterocycles. The second-order valence-corrected chi connectivity index (χ2v) is 6.61. The van der Waals surface area contributed by atoms with Gasteiger partial charge in [0.1, 0.15) is 0 Å². The van der Waals surface area contributed by atoms with E-state index >= 15 is 0 Å². The molecule has 0 radical (unpaired) electrons. The predicted octanol–water partition coefficient (Wildman–Crippen LogP) is 3.70. The maximum Gasteiger partial charge on any atom is 0.227 e. The zero-order valence-electron chi connectivity index (χ0n) is 13.7. The molecule has 2 unspecified atom stereocenters. The Hall–Kier alpha value is -1.27. The first-order valence-corrected chi connectivity index (χ1v) is 9.00. The van der Waals surface area contributed by atoms with Crippen LogP contribution in [0.3, 0.4) is 0 Å². The van der Waals surface area contributed by atoms with Crippen LogP contribution in [0.4, 0.5) is 5.69 Å². The van der Waals surface area contributed by atoms with Gasteiger partial charge in [-0.15, -0.1) is 0 Å². The Labute approximate surface area is 146 Å². The molecule has 1 aromatic carbocycles. The SMILES string of the molecule is CCOc1cc(Br)c(NC(=O)C2CCCC(N)C2)cc1OCC. The maximum absolute atomic E-state index is 12.5. The molecular formula is C17H25BrN2O3. The Bertz CT molecular complexity index is 551. The summed E-state index contributed by atoms with van der Waals surface area (Å²) >= 11 is 3.49. The zero-order chi connectivity index (χ0) is 16.8. The Morgan fingerprint density at radius 3 is 2.52 bits per heavy atom. The molecule has 0 aliphatic heterocycles. The summed E-state index contributed by atoms with van der Waals surface area (Å²) < 4.78 is 12.0. The predicted molar refractivity (Wildman–Crippen MR) is 95.0 cm³/mol. The standard InChI is InChI=1S/C17H25BrN2O3/c1-3-22-15-9-13(18)14(10-16(15)23-4-2)20-17(21)11-6-5-7-12(19)8-11/h9-12H,3-8,19H2,1-2H3,(H,20,21). The fourth-order valence-electron chi connectivity index (χ4n) is 2.87. The molecule has 0 bridgehead atoms. The number of hydrogen-bond acceptors (Lipinski definition) is 4. The molecule has 0 saturated heterocycles. The minimum atomic E-state index is -0.0206. The average molecular weight is 385 g/mol. The first kappa shape index (κ1) is 18.1. The largest absolute Gasteiger partial charge is 0.490 e. The van der Waals surface area contributed by atoms with Crippen LogP contribution in [0.25, 0.3) is 0 Å². The van der Waals surface area contributed by atoms with E-state index in [1.807, 2.05) is 19.9 Å². The van der Waals surface area contributed by atoms with E-state index in [9.17, 15) is 4.79 Å². The topological polar surface area (TPSA) is 73.6 Å². The lowest BCUT2D eigenvalue weighted by Gasteiger charge is -2.26. The van der Waals surface area contributed by atoms with Crippen LogP contribution in [0.1, 0.15) is 39.5 Å². The van der Waals surface area contributed by atoms with Gasteiger partial charge in [0.25, 0.3) is 0 Å². The number of nitrogens with two attached hydrogens (primary N) is 1. The number of nitrogens with one attached hydrogen (secondary N) is 1. The van der Waals surface area contributed by atoms with E-state index in [0.717, 1.165) is 30.2 Å². The van der Waals surface area contributed by atoms with Crippen molar-refractivity contribution in [2.45, 2.75) is 45.6 Å². The molecule has 23 heavy (non-hydrogen) atoms. The lowest BCUT2D eigenvalue weighted by Crippen LogP contribution is -2.34. The molecular weight excluding hydrogens is 360 g/mol. The summed E-state index contributed by atoms with van der Waals surface area (Å²) in [7, 11) is 0. The van der Waals surface area contributed by atoms with Crippen molar-refractivity contribution in [3.05, 3.63) is 16.6 Å². The van der Waals surface area contributed by atoms with Gasteiger partial charge in [-0.1, -0.05) is 6.42 Å². The highest BCUT2D eigenvalue weighted by molar-refractivity contribution is 9.10. The summed E-state index contributed by atoms with van der Waals surface area (Å²) in [5, 5.41) is 2.99. The van der Waals surface area contributed by atoms with Crippen molar-refractivity contribution in [1.82, 2.24) is 0 Å². The van der Waals surface area contributed by atoms with Gasteiger partial charge in [-0.3, -0.25) is 4.79 Å². The number of rotatable bonds is 6. The van der Waals surface area contributed by atoms with Crippen LogP contribution >= 0.6 is 15.9 Å². The van der Waals surface area contributed by atoms with Gasteiger partial charge in [0.05, 0.1) is 18.9 Å². The molecule has 1 saturated carbocycles. The number of carbonyl (C=O) groups excluding carboxylic acids is 1. The highest BCUT2D eigenvalue weighted by atomic mass is 79.9. The molecule has 1 aliphatic rings. The second-order valence-electron chi connectivity index (χ2n) is 5.76. The maximum atomic E-state index is 12.5. The van der Waals surface area contributed by atoms with Gasteiger partial charge in [-0.25, -0.2) is 0 Å². The quantitative estimate of drug-likeness (QED) is 0.783. The van der Waals surface area contributed by atoms with Crippen molar-refractivity contribution in [2.75, 3.05) is 18.5 Å². The Morgan fingerprint density at radius 1 is 1.26 bits per heavy atom. The van der Waals surface area contributed by atoms with E-state index in [1.165, 1.54) is 0 Å². The summed E-state index contributed by atoms with van der Waals surface area (Å²) in [5.41, 5.74) is 6.67. The van der Waals surface area contributed by atoms with Crippen LogP contribution < -0.4 is 20.5 Å². The van der Waals surface area contributed by atoms with Gasteiger partial charge in [0, 0.05) is 28.6 Å². The minimum Gasteiger partial charge on any atom is -0.490 e. The van der Waals surface area contributed by atoms with Crippen LogP contribution in [-0.2, 0) is 4.79 Å². The summed E-state index contributed by atoms with van der Waals surface area (Å²) in [6, 6.07) is 3.76. The highest BCUT2D eigenvalue weighted by Crippen LogP contribution is 2.37. The van der Waals surface area contributed by atoms with E-state index in [0.29, 0.717) is 30.4 Å². The molecule has 0 aromatic heterocycles. The van der Waals surface area contributed by atoms with Crippen molar-refractivity contribution >= 4 is 27.5 Å². The summed E-state index contributed by atoms with van der Waals surface area (Å²) in [6.07, 6.45) is 3.66. The molecule has 0 spiro atoms. The number of carbonyl (C=O) groups is 1. The number of hydrogen-bond donors (Lipinski definition) is 2.